The zero-order chi connectivity index (χ0) is 20.6. The van der Waals surface area contributed by atoms with Crippen molar-refractivity contribution in [1.29, 1.82) is 0 Å². The van der Waals surface area contributed by atoms with E-state index in [1.54, 1.807) is 24.3 Å². The first-order valence-electron chi connectivity index (χ1n) is 9.68. The number of carbonyl (C=O) groups is 1. The number of aryl methyl sites for hydroxylation is 2. The molecule has 1 heterocycles. The van der Waals surface area contributed by atoms with Gasteiger partial charge < -0.3 is 5.32 Å². The van der Waals surface area contributed by atoms with E-state index in [2.05, 4.69) is 15.0 Å². The molecule has 0 saturated heterocycles. The Kier molecular flexibility index (Phi) is 5.31. The van der Waals surface area contributed by atoms with Crippen LogP contribution in [-0.2, 0) is 27.7 Å². The van der Waals surface area contributed by atoms with Crippen LogP contribution in [-0.4, -0.2) is 19.3 Å². The van der Waals surface area contributed by atoms with Crippen LogP contribution in [0.1, 0.15) is 37.8 Å². The Morgan fingerprint density at radius 2 is 1.83 bits per heavy atom. The van der Waals surface area contributed by atoms with Crippen molar-refractivity contribution in [3.8, 4) is 0 Å². The lowest BCUT2D eigenvalue weighted by Crippen LogP contribution is -2.17. The first-order chi connectivity index (χ1) is 13.8. The summed E-state index contributed by atoms with van der Waals surface area (Å²) in [4.78, 5) is 16.6. The number of nitrogens with zero attached hydrogens (tertiary/aromatic N) is 1. The normalized spacial score (nSPS) is 14.0. The standard InChI is InChI=1S/C21H23N3O3S2/c1-13(2)20(25)23-21-22-18-12-16(8-10-19(18)28-21)24-29(26,27)17-9-7-14-5-3-4-6-15(14)11-17/h7-13,24H,3-6H2,1-2H3,(H,22,23,25). The fourth-order valence-electron chi connectivity index (χ4n) is 3.39. The predicted octanol–water partition coefficient (Wildman–Crippen LogP) is 4.57. The van der Waals surface area contributed by atoms with Gasteiger partial charge in [-0.25, -0.2) is 13.4 Å². The van der Waals surface area contributed by atoms with E-state index in [1.807, 2.05) is 26.0 Å². The van der Waals surface area contributed by atoms with Gasteiger partial charge in [-0.05, 0) is 67.1 Å². The van der Waals surface area contributed by atoms with Crippen molar-refractivity contribution in [2.75, 3.05) is 10.0 Å². The quantitative estimate of drug-likeness (QED) is 0.622. The van der Waals surface area contributed by atoms with E-state index in [0.29, 0.717) is 16.3 Å². The summed E-state index contributed by atoms with van der Waals surface area (Å²) in [6, 6.07) is 10.6. The third kappa shape index (κ3) is 4.28. The molecule has 1 aliphatic rings. The lowest BCUT2D eigenvalue weighted by molar-refractivity contribution is -0.118. The minimum Gasteiger partial charge on any atom is -0.302 e. The molecule has 29 heavy (non-hydrogen) atoms. The largest absolute Gasteiger partial charge is 0.302 e. The van der Waals surface area contributed by atoms with Gasteiger partial charge in [-0.1, -0.05) is 31.3 Å². The zero-order valence-electron chi connectivity index (χ0n) is 16.4. The number of hydrogen-bond donors (Lipinski definition) is 2. The highest BCUT2D eigenvalue weighted by molar-refractivity contribution is 7.92. The van der Waals surface area contributed by atoms with Crippen LogP contribution in [0.15, 0.2) is 41.3 Å². The maximum Gasteiger partial charge on any atom is 0.261 e. The second-order valence-corrected chi connectivity index (χ2v) is 10.3. The Labute approximate surface area is 174 Å². The van der Waals surface area contributed by atoms with Crippen molar-refractivity contribution in [3.63, 3.8) is 0 Å². The van der Waals surface area contributed by atoms with Gasteiger partial charge in [0.25, 0.3) is 10.0 Å². The summed E-state index contributed by atoms with van der Waals surface area (Å²) in [6.45, 7) is 3.63. The molecule has 3 aromatic rings. The molecule has 0 unspecified atom stereocenters. The Morgan fingerprint density at radius 1 is 1.07 bits per heavy atom. The molecule has 0 radical (unpaired) electrons. The summed E-state index contributed by atoms with van der Waals surface area (Å²) >= 11 is 1.36. The van der Waals surface area contributed by atoms with Crippen molar-refractivity contribution in [3.05, 3.63) is 47.5 Å². The molecule has 2 N–H and O–H groups in total. The van der Waals surface area contributed by atoms with E-state index < -0.39 is 10.0 Å². The van der Waals surface area contributed by atoms with Gasteiger partial charge >= 0.3 is 0 Å². The third-order valence-corrected chi connectivity index (χ3v) is 7.36. The first kappa shape index (κ1) is 19.8. The second kappa shape index (κ2) is 7.76. The van der Waals surface area contributed by atoms with Crippen LogP contribution in [0.3, 0.4) is 0 Å². The van der Waals surface area contributed by atoms with Crippen molar-refractivity contribution in [2.45, 2.75) is 44.4 Å². The topological polar surface area (TPSA) is 88.2 Å². The molecule has 0 saturated carbocycles. The molecule has 2 aromatic carbocycles. The number of thiazole rings is 1. The molecular weight excluding hydrogens is 406 g/mol. The van der Waals surface area contributed by atoms with Gasteiger partial charge in [0.15, 0.2) is 5.13 Å². The van der Waals surface area contributed by atoms with Crippen molar-refractivity contribution in [2.24, 2.45) is 5.92 Å². The van der Waals surface area contributed by atoms with Crippen LogP contribution in [0.4, 0.5) is 10.8 Å². The highest BCUT2D eigenvalue weighted by Crippen LogP contribution is 2.30. The number of nitrogens with one attached hydrogen (secondary N) is 2. The van der Waals surface area contributed by atoms with E-state index in [4.69, 9.17) is 0 Å². The number of fused-ring (bicyclic) bond motifs is 2. The zero-order valence-corrected chi connectivity index (χ0v) is 18.0. The molecule has 6 nitrogen and oxygen atoms in total. The summed E-state index contributed by atoms with van der Waals surface area (Å²) < 4.78 is 29.3. The van der Waals surface area contributed by atoms with Gasteiger partial charge in [0.05, 0.1) is 20.8 Å². The fraction of sp³-hybridized carbons (Fsp3) is 0.333. The van der Waals surface area contributed by atoms with Gasteiger partial charge in [0.1, 0.15) is 0 Å². The molecule has 0 bridgehead atoms. The monoisotopic (exact) mass is 429 g/mol. The molecular formula is C21H23N3O3S2. The minimum atomic E-state index is -3.68. The lowest BCUT2D eigenvalue weighted by atomic mass is 9.92. The SMILES string of the molecule is CC(C)C(=O)Nc1nc2cc(NS(=O)(=O)c3ccc4c(c3)CCCC4)ccc2s1. The lowest BCUT2D eigenvalue weighted by Gasteiger charge is -2.17. The maximum absolute atomic E-state index is 12.9. The molecule has 1 amide bonds. The van der Waals surface area contributed by atoms with Crippen molar-refractivity contribution in [1.82, 2.24) is 4.98 Å². The number of aromatic nitrogens is 1. The molecule has 0 fully saturated rings. The molecule has 0 spiro atoms. The summed E-state index contributed by atoms with van der Waals surface area (Å²) in [5, 5.41) is 3.29. The van der Waals surface area contributed by atoms with Gasteiger partial charge in [-0.15, -0.1) is 0 Å². The van der Waals surface area contributed by atoms with E-state index in [9.17, 15) is 13.2 Å². The molecule has 0 aliphatic heterocycles. The Morgan fingerprint density at radius 3 is 2.59 bits per heavy atom. The summed E-state index contributed by atoms with van der Waals surface area (Å²) in [7, 11) is -3.68. The summed E-state index contributed by atoms with van der Waals surface area (Å²) in [5.74, 6) is -0.238. The van der Waals surface area contributed by atoms with E-state index >= 15 is 0 Å². The number of anilines is 2. The van der Waals surface area contributed by atoms with Gasteiger partial charge in [-0.2, -0.15) is 0 Å². The number of sulfonamides is 1. The van der Waals surface area contributed by atoms with Crippen molar-refractivity contribution >= 4 is 48.3 Å². The number of amides is 1. The minimum absolute atomic E-state index is 0.0996. The Bertz CT molecular complexity index is 1180. The van der Waals surface area contributed by atoms with Crippen molar-refractivity contribution < 1.29 is 13.2 Å². The van der Waals surface area contributed by atoms with E-state index in [1.165, 1.54) is 16.9 Å². The molecule has 1 aliphatic carbocycles. The second-order valence-electron chi connectivity index (χ2n) is 7.59. The first-order valence-corrected chi connectivity index (χ1v) is 12.0. The van der Waals surface area contributed by atoms with Crippen LogP contribution in [0.2, 0.25) is 0 Å². The number of rotatable bonds is 5. The predicted molar refractivity (Wildman–Crippen MR) is 117 cm³/mol. The number of hydrogen-bond acceptors (Lipinski definition) is 5. The summed E-state index contributed by atoms with van der Waals surface area (Å²) in [6.07, 6.45) is 4.19. The molecule has 0 atom stereocenters. The van der Waals surface area contributed by atoms with E-state index in [-0.39, 0.29) is 16.7 Å². The van der Waals surface area contributed by atoms with Gasteiger partial charge in [0.2, 0.25) is 5.91 Å². The molecule has 8 heteroatoms. The van der Waals surface area contributed by atoms with Gasteiger partial charge in [-0.3, -0.25) is 9.52 Å². The Hall–Kier alpha value is -2.45. The van der Waals surface area contributed by atoms with Crippen LogP contribution in [0.25, 0.3) is 10.2 Å². The highest BCUT2D eigenvalue weighted by atomic mass is 32.2. The molecule has 1 aromatic heterocycles. The van der Waals surface area contributed by atoms with Gasteiger partial charge in [0, 0.05) is 5.92 Å². The summed E-state index contributed by atoms with van der Waals surface area (Å²) in [5.41, 5.74) is 3.46. The Balaban J connectivity index is 1.57. The van der Waals surface area contributed by atoms with Crippen LogP contribution >= 0.6 is 11.3 Å². The van der Waals surface area contributed by atoms with Crippen LogP contribution < -0.4 is 10.0 Å². The highest BCUT2D eigenvalue weighted by Gasteiger charge is 2.18. The average molecular weight is 430 g/mol. The molecule has 152 valence electrons. The maximum atomic E-state index is 12.9. The average Bonchev–Trinajstić information content (AvgIpc) is 3.08. The number of carbonyl (C=O) groups excluding carboxylic acids is 1. The smallest absolute Gasteiger partial charge is 0.261 e. The number of benzene rings is 2. The molecule has 4 rings (SSSR count). The third-order valence-electron chi connectivity index (χ3n) is 5.02. The van der Waals surface area contributed by atoms with Crippen LogP contribution in [0.5, 0.6) is 0 Å². The van der Waals surface area contributed by atoms with E-state index in [0.717, 1.165) is 35.9 Å². The fourth-order valence-corrected chi connectivity index (χ4v) is 5.33. The van der Waals surface area contributed by atoms with Crippen LogP contribution in [0, 0.1) is 5.92 Å².